The molecule has 3 aromatic rings. The third-order valence-electron chi connectivity index (χ3n) is 5.76. The number of halogens is 3. The zero-order valence-corrected chi connectivity index (χ0v) is 23.4. The quantitative estimate of drug-likeness (QED) is 0.232. The maximum Gasteiger partial charge on any atom is 0.277 e. The summed E-state index contributed by atoms with van der Waals surface area (Å²) in [5, 5.41) is 10.1. The average molecular weight is 575 g/mol. The number of aliphatic hydroxyl groups is 1. The number of allylic oxidation sites excluding steroid dienone is 3. The largest absolute Gasteiger partial charge is 0.485 e. The molecule has 9 nitrogen and oxygen atoms in total. The van der Waals surface area contributed by atoms with Crippen LogP contribution in [0.4, 0.5) is 8.78 Å². The first-order valence-corrected chi connectivity index (χ1v) is 12.3. The Morgan fingerprint density at radius 2 is 1.95 bits per heavy atom. The number of nitrogens with zero attached hydrogens (tertiary/aromatic N) is 4. The number of rotatable bonds is 9. The van der Waals surface area contributed by atoms with E-state index < -0.39 is 35.0 Å². The van der Waals surface area contributed by atoms with Crippen LogP contribution in [0.25, 0.3) is 5.70 Å². The Kier molecular flexibility index (Phi) is 9.56. The van der Waals surface area contributed by atoms with E-state index in [1.807, 2.05) is 0 Å². The molecule has 0 unspecified atom stereocenters. The summed E-state index contributed by atoms with van der Waals surface area (Å²) < 4.78 is 40.6. The first-order chi connectivity index (χ1) is 18.8. The molecule has 0 saturated heterocycles. The van der Waals surface area contributed by atoms with Crippen LogP contribution < -0.4 is 15.9 Å². The standard InChI is InChI=1S/C28H29ClF2N4O5/c1-16(2)22(12-24(32-5)34-9-7-8-19(26(34)36)28(3,4)38)35-18(14-39-6)11-23(25(29)27(35)37)40-15-21-20(31)10-17(30)13-33-21/h7-13,38H,1,14-15H2,2-6H3/b22-12+,32-24+. The molecule has 0 aliphatic rings. The molecule has 0 amide bonds. The summed E-state index contributed by atoms with van der Waals surface area (Å²) >= 11 is 6.39. The molecule has 0 aliphatic carbocycles. The highest BCUT2D eigenvalue weighted by Crippen LogP contribution is 2.27. The van der Waals surface area contributed by atoms with Gasteiger partial charge in [0.1, 0.15) is 34.7 Å². The van der Waals surface area contributed by atoms with Gasteiger partial charge in [-0.1, -0.05) is 18.2 Å². The molecule has 0 saturated carbocycles. The molecule has 0 radical (unpaired) electrons. The van der Waals surface area contributed by atoms with Crippen molar-refractivity contribution in [2.24, 2.45) is 4.99 Å². The third-order valence-corrected chi connectivity index (χ3v) is 6.11. The van der Waals surface area contributed by atoms with Gasteiger partial charge in [-0.05, 0) is 38.5 Å². The van der Waals surface area contributed by atoms with Crippen molar-refractivity contribution in [3.8, 4) is 5.75 Å². The van der Waals surface area contributed by atoms with Crippen LogP contribution >= 0.6 is 11.6 Å². The second kappa shape index (κ2) is 12.5. The van der Waals surface area contributed by atoms with Gasteiger partial charge >= 0.3 is 0 Å². The fourth-order valence-corrected chi connectivity index (χ4v) is 4.01. The van der Waals surface area contributed by atoms with Crippen LogP contribution in [0.3, 0.4) is 0 Å². The van der Waals surface area contributed by atoms with Crippen LogP contribution in [0.1, 0.15) is 37.7 Å². The van der Waals surface area contributed by atoms with Crippen LogP contribution in [-0.4, -0.2) is 39.2 Å². The Morgan fingerprint density at radius 1 is 1.25 bits per heavy atom. The Labute approximate surface area is 234 Å². The molecule has 212 valence electrons. The maximum absolute atomic E-state index is 14.0. The molecule has 3 aromatic heterocycles. The van der Waals surface area contributed by atoms with E-state index in [0.29, 0.717) is 17.3 Å². The number of ether oxygens (including phenoxy) is 2. The van der Waals surface area contributed by atoms with E-state index in [-0.39, 0.29) is 40.2 Å². The highest BCUT2D eigenvalue weighted by Gasteiger charge is 2.23. The van der Waals surface area contributed by atoms with Gasteiger partial charge in [0.05, 0.1) is 29.8 Å². The van der Waals surface area contributed by atoms with Crippen molar-refractivity contribution in [2.45, 2.75) is 39.6 Å². The second-order valence-electron chi connectivity index (χ2n) is 9.31. The predicted molar refractivity (Wildman–Crippen MR) is 149 cm³/mol. The summed E-state index contributed by atoms with van der Waals surface area (Å²) in [5.74, 6) is -1.67. The van der Waals surface area contributed by atoms with Gasteiger partial charge in [-0.25, -0.2) is 8.78 Å². The first-order valence-electron chi connectivity index (χ1n) is 12.0. The van der Waals surface area contributed by atoms with Gasteiger partial charge in [-0.2, -0.15) is 0 Å². The van der Waals surface area contributed by atoms with Crippen LogP contribution in [0.2, 0.25) is 5.02 Å². The molecule has 1 N–H and O–H groups in total. The summed E-state index contributed by atoms with van der Waals surface area (Å²) in [6.07, 6.45) is 3.81. The van der Waals surface area contributed by atoms with E-state index in [9.17, 15) is 23.5 Å². The number of pyridine rings is 3. The Morgan fingerprint density at radius 3 is 2.52 bits per heavy atom. The lowest BCUT2D eigenvalue weighted by atomic mass is 10.0. The van der Waals surface area contributed by atoms with Gasteiger partial charge in [0, 0.05) is 44.1 Å². The van der Waals surface area contributed by atoms with Gasteiger partial charge < -0.3 is 14.6 Å². The Bertz CT molecular complexity index is 1620. The number of aromatic nitrogens is 3. The summed E-state index contributed by atoms with van der Waals surface area (Å²) in [6, 6.07) is 5.22. The average Bonchev–Trinajstić information content (AvgIpc) is 2.87. The lowest BCUT2D eigenvalue weighted by molar-refractivity contribution is 0.0768. The minimum absolute atomic E-state index is 0.0662. The van der Waals surface area contributed by atoms with E-state index in [1.165, 1.54) is 61.5 Å². The predicted octanol–water partition coefficient (Wildman–Crippen LogP) is 4.28. The van der Waals surface area contributed by atoms with Gasteiger partial charge in [0.2, 0.25) is 0 Å². The highest BCUT2D eigenvalue weighted by molar-refractivity contribution is 6.31. The van der Waals surface area contributed by atoms with Crippen molar-refractivity contribution in [3.63, 3.8) is 0 Å². The number of hydrogen-bond donors (Lipinski definition) is 1. The first kappa shape index (κ1) is 30.6. The molecule has 0 aromatic carbocycles. The minimum atomic E-state index is -1.40. The van der Waals surface area contributed by atoms with Crippen molar-refractivity contribution in [2.75, 3.05) is 14.2 Å². The van der Waals surface area contributed by atoms with Gasteiger partial charge in [0.25, 0.3) is 11.1 Å². The molecule has 0 atom stereocenters. The van der Waals surface area contributed by atoms with Crippen LogP contribution in [0.5, 0.6) is 5.75 Å². The van der Waals surface area contributed by atoms with E-state index in [1.54, 1.807) is 13.0 Å². The summed E-state index contributed by atoms with van der Waals surface area (Å²) in [4.78, 5) is 34.6. The zero-order chi connectivity index (χ0) is 29.8. The van der Waals surface area contributed by atoms with Crippen LogP contribution in [0, 0.1) is 11.6 Å². The van der Waals surface area contributed by atoms with E-state index in [0.717, 1.165) is 6.20 Å². The summed E-state index contributed by atoms with van der Waals surface area (Å²) in [6.45, 7) is 8.13. The topological polar surface area (TPSA) is 108 Å². The second-order valence-corrected chi connectivity index (χ2v) is 9.68. The fourth-order valence-electron chi connectivity index (χ4n) is 3.81. The molecule has 3 heterocycles. The Balaban J connectivity index is 2.15. The maximum atomic E-state index is 14.0. The normalized spacial score (nSPS) is 12.5. The number of methoxy groups -OCH3 is 1. The van der Waals surface area contributed by atoms with Gasteiger partial charge in [0.15, 0.2) is 5.82 Å². The molecule has 0 spiro atoms. The Hall–Kier alpha value is -3.93. The van der Waals surface area contributed by atoms with Crippen molar-refractivity contribution in [1.29, 1.82) is 0 Å². The van der Waals surface area contributed by atoms with Crippen molar-refractivity contribution in [3.05, 3.63) is 109 Å². The van der Waals surface area contributed by atoms with Crippen LogP contribution in [-0.2, 0) is 23.6 Å². The molecule has 12 heteroatoms. The molecule has 40 heavy (non-hydrogen) atoms. The van der Waals surface area contributed by atoms with Crippen molar-refractivity contribution in [1.82, 2.24) is 14.1 Å². The van der Waals surface area contributed by atoms with Crippen LogP contribution in [0.15, 0.2) is 69.5 Å². The fraction of sp³-hybridized carbons (Fsp3) is 0.286. The monoisotopic (exact) mass is 574 g/mol. The van der Waals surface area contributed by atoms with Gasteiger partial charge in [-0.15, -0.1) is 0 Å². The van der Waals surface area contributed by atoms with Crippen molar-refractivity contribution >= 4 is 23.1 Å². The van der Waals surface area contributed by atoms with E-state index >= 15 is 0 Å². The molecule has 0 fully saturated rings. The number of aliphatic imine (C=N–C) groups is 1. The SMILES string of the molecule is C=C(C)/C(=C\C(=N/C)n1cccc(C(C)(C)O)c1=O)n1c(COC)cc(OCc2ncc(F)cc2F)c(Cl)c1=O. The zero-order valence-electron chi connectivity index (χ0n) is 22.7. The smallest absolute Gasteiger partial charge is 0.277 e. The summed E-state index contributed by atoms with van der Waals surface area (Å²) in [5.41, 5.74) is -1.68. The molecule has 0 aliphatic heterocycles. The lowest BCUT2D eigenvalue weighted by Gasteiger charge is -2.20. The van der Waals surface area contributed by atoms with E-state index in [2.05, 4.69) is 16.6 Å². The minimum Gasteiger partial charge on any atom is -0.485 e. The molecular formula is C28H29ClF2N4O5. The molecule has 3 rings (SSSR count). The van der Waals surface area contributed by atoms with Crippen molar-refractivity contribution < 1.29 is 23.4 Å². The lowest BCUT2D eigenvalue weighted by Crippen LogP contribution is -2.34. The molecular weight excluding hydrogens is 546 g/mol. The molecule has 0 bridgehead atoms. The van der Waals surface area contributed by atoms with Gasteiger partial charge in [-0.3, -0.25) is 28.7 Å². The van der Waals surface area contributed by atoms with E-state index in [4.69, 9.17) is 21.1 Å². The summed E-state index contributed by atoms with van der Waals surface area (Å²) in [7, 11) is 2.89. The third kappa shape index (κ3) is 6.61. The highest BCUT2D eigenvalue weighted by atomic mass is 35.5. The number of hydrogen-bond acceptors (Lipinski definition) is 7.